The normalized spacial score (nSPS) is 17.7. The van der Waals surface area contributed by atoms with Crippen LogP contribution in [0.15, 0.2) is 47.7 Å². The van der Waals surface area contributed by atoms with Crippen molar-refractivity contribution in [3.05, 3.63) is 59.0 Å². The largest absolute Gasteiger partial charge is 0.368 e. The second-order valence-corrected chi connectivity index (χ2v) is 7.04. The minimum atomic E-state index is -0.301. The summed E-state index contributed by atoms with van der Waals surface area (Å²) in [6.45, 7) is 3.03. The van der Waals surface area contributed by atoms with E-state index in [4.69, 9.17) is 0 Å². The second-order valence-electron chi connectivity index (χ2n) is 7.04. The fourth-order valence-electron chi connectivity index (χ4n) is 3.75. The third-order valence-electron chi connectivity index (χ3n) is 5.24. The first-order valence-corrected chi connectivity index (χ1v) is 9.61. The zero-order valence-corrected chi connectivity index (χ0v) is 15.6. The quantitative estimate of drug-likeness (QED) is 0.705. The van der Waals surface area contributed by atoms with Crippen molar-refractivity contribution in [3.63, 3.8) is 0 Å². The summed E-state index contributed by atoms with van der Waals surface area (Å²) in [6, 6.07) is 8.04. The molecule has 3 heterocycles. The van der Waals surface area contributed by atoms with Crippen LogP contribution in [0.4, 0.5) is 10.2 Å². The van der Waals surface area contributed by atoms with Gasteiger partial charge in [-0.1, -0.05) is 6.42 Å². The van der Waals surface area contributed by atoms with Crippen LogP contribution in [0.5, 0.6) is 0 Å². The molecule has 0 saturated carbocycles. The Hall–Kier alpha value is -2.87. The number of fused-ring (bicyclic) bond motifs is 1. The Bertz CT molecular complexity index is 1010. The zero-order chi connectivity index (χ0) is 19.3. The smallest absolute Gasteiger partial charge is 0.266 e. The summed E-state index contributed by atoms with van der Waals surface area (Å²) in [5, 5.41) is 8.20. The summed E-state index contributed by atoms with van der Waals surface area (Å²) in [7, 11) is 0. The summed E-state index contributed by atoms with van der Waals surface area (Å²) >= 11 is 0. The zero-order valence-electron chi connectivity index (χ0n) is 15.6. The molecule has 1 saturated heterocycles. The molecule has 0 radical (unpaired) electrons. The van der Waals surface area contributed by atoms with Gasteiger partial charge in [0, 0.05) is 36.8 Å². The van der Waals surface area contributed by atoms with E-state index in [1.165, 1.54) is 35.6 Å². The van der Waals surface area contributed by atoms with Crippen LogP contribution in [-0.2, 0) is 6.54 Å². The van der Waals surface area contributed by atoms with Crippen molar-refractivity contribution < 1.29 is 4.39 Å². The number of likely N-dealkylation sites (tertiary alicyclic amines) is 1. The molecule has 7 nitrogen and oxygen atoms in total. The minimum absolute atomic E-state index is 0.0799. The summed E-state index contributed by atoms with van der Waals surface area (Å²) in [5.74, 6) is 0.349. The number of hydrogen-bond donors (Lipinski definition) is 1. The number of rotatable bonds is 6. The molecule has 0 amide bonds. The third kappa shape index (κ3) is 4.17. The van der Waals surface area contributed by atoms with Gasteiger partial charge < -0.3 is 5.32 Å². The van der Waals surface area contributed by atoms with Gasteiger partial charge in [0.25, 0.3) is 5.56 Å². The molecule has 1 N–H and O–H groups in total. The Morgan fingerprint density at radius 2 is 2.11 bits per heavy atom. The topological polar surface area (TPSA) is 75.9 Å². The Balaban J connectivity index is 1.43. The van der Waals surface area contributed by atoms with E-state index in [1.54, 1.807) is 18.3 Å². The lowest BCUT2D eigenvalue weighted by atomic mass is 10.0. The molecule has 4 rings (SSSR count). The molecule has 0 spiro atoms. The lowest BCUT2D eigenvalue weighted by Gasteiger charge is -2.36. The van der Waals surface area contributed by atoms with Crippen molar-refractivity contribution in [1.29, 1.82) is 0 Å². The number of benzene rings is 1. The number of halogens is 1. The number of anilines is 1. The summed E-state index contributed by atoms with van der Waals surface area (Å²) in [5.41, 5.74) is 0.637. The first-order chi connectivity index (χ1) is 13.7. The molecule has 8 heteroatoms. The van der Waals surface area contributed by atoms with Crippen LogP contribution in [0.1, 0.15) is 19.3 Å². The maximum Gasteiger partial charge on any atom is 0.266 e. The van der Waals surface area contributed by atoms with E-state index >= 15 is 0 Å². The van der Waals surface area contributed by atoms with E-state index in [9.17, 15) is 9.18 Å². The van der Waals surface area contributed by atoms with Crippen molar-refractivity contribution >= 4 is 16.7 Å². The van der Waals surface area contributed by atoms with Gasteiger partial charge >= 0.3 is 0 Å². The summed E-state index contributed by atoms with van der Waals surface area (Å²) in [4.78, 5) is 22.7. The van der Waals surface area contributed by atoms with E-state index in [-0.39, 0.29) is 11.4 Å². The molecule has 2 aromatic heterocycles. The third-order valence-corrected chi connectivity index (χ3v) is 5.24. The van der Waals surface area contributed by atoms with E-state index in [2.05, 4.69) is 25.3 Å². The molecule has 146 valence electrons. The Morgan fingerprint density at radius 3 is 3.00 bits per heavy atom. The lowest BCUT2D eigenvalue weighted by Crippen LogP contribution is -2.45. The fraction of sp³-hybridized carbons (Fsp3) is 0.400. The van der Waals surface area contributed by atoms with Gasteiger partial charge in [-0.05, 0) is 43.7 Å². The van der Waals surface area contributed by atoms with Crippen LogP contribution in [0.25, 0.3) is 10.9 Å². The van der Waals surface area contributed by atoms with Gasteiger partial charge in [-0.25, -0.2) is 19.0 Å². The molecule has 1 aliphatic heterocycles. The fourth-order valence-corrected chi connectivity index (χ4v) is 3.75. The van der Waals surface area contributed by atoms with Crippen molar-refractivity contribution in [2.75, 3.05) is 25.0 Å². The van der Waals surface area contributed by atoms with Crippen LogP contribution in [-0.4, -0.2) is 50.3 Å². The molecule has 1 fully saturated rings. The molecular formula is C20H23FN6O. The SMILES string of the molecule is O=c1cccnn1CCN1CCCCC1CNc1ncnc2ccc(F)cc12. The maximum absolute atomic E-state index is 13.6. The number of nitrogens with zero attached hydrogens (tertiary/aromatic N) is 5. The Labute approximate surface area is 162 Å². The van der Waals surface area contributed by atoms with Gasteiger partial charge in [0.05, 0.1) is 12.1 Å². The molecule has 0 aliphatic carbocycles. The molecule has 1 atom stereocenters. The summed E-state index contributed by atoms with van der Waals surface area (Å²) in [6.07, 6.45) is 6.52. The van der Waals surface area contributed by atoms with Gasteiger partial charge in [0.15, 0.2) is 0 Å². The average Bonchev–Trinajstić information content (AvgIpc) is 2.72. The van der Waals surface area contributed by atoms with Crippen LogP contribution < -0.4 is 10.9 Å². The first-order valence-electron chi connectivity index (χ1n) is 9.61. The van der Waals surface area contributed by atoms with E-state index < -0.39 is 0 Å². The lowest BCUT2D eigenvalue weighted by molar-refractivity contribution is 0.148. The van der Waals surface area contributed by atoms with Gasteiger partial charge in [-0.2, -0.15) is 5.10 Å². The molecular weight excluding hydrogens is 359 g/mol. The highest BCUT2D eigenvalue weighted by atomic mass is 19.1. The van der Waals surface area contributed by atoms with Crippen LogP contribution in [0, 0.1) is 5.82 Å². The molecule has 1 aliphatic rings. The highest BCUT2D eigenvalue weighted by molar-refractivity contribution is 5.88. The molecule has 28 heavy (non-hydrogen) atoms. The predicted molar refractivity (Wildman–Crippen MR) is 106 cm³/mol. The van der Waals surface area contributed by atoms with Gasteiger partial charge in [-0.3, -0.25) is 9.69 Å². The first kappa shape index (κ1) is 18.5. The van der Waals surface area contributed by atoms with Crippen LogP contribution in [0.3, 0.4) is 0 Å². The Kier molecular flexibility index (Phi) is 5.57. The highest BCUT2D eigenvalue weighted by Gasteiger charge is 2.22. The van der Waals surface area contributed by atoms with E-state index in [0.29, 0.717) is 35.9 Å². The summed E-state index contributed by atoms with van der Waals surface area (Å²) < 4.78 is 15.1. The monoisotopic (exact) mass is 382 g/mol. The van der Waals surface area contributed by atoms with E-state index in [0.717, 1.165) is 25.9 Å². The molecule has 0 bridgehead atoms. The van der Waals surface area contributed by atoms with Crippen molar-refractivity contribution in [1.82, 2.24) is 24.6 Å². The van der Waals surface area contributed by atoms with Gasteiger partial charge in [0.2, 0.25) is 0 Å². The predicted octanol–water partition coefficient (Wildman–Crippen LogP) is 2.29. The average molecular weight is 382 g/mol. The van der Waals surface area contributed by atoms with Crippen molar-refractivity contribution in [3.8, 4) is 0 Å². The minimum Gasteiger partial charge on any atom is -0.368 e. The number of aromatic nitrogens is 4. The standard InChI is InChI=1S/C20H23FN6O/c21-15-6-7-18-17(12-15)20(24-14-23-18)22-13-16-4-1-2-9-26(16)10-11-27-19(28)5-3-8-25-27/h3,5-8,12,14,16H,1-2,4,9-11,13H2,(H,22,23,24). The van der Waals surface area contributed by atoms with Crippen molar-refractivity contribution in [2.45, 2.75) is 31.8 Å². The molecule has 3 aromatic rings. The van der Waals surface area contributed by atoms with Crippen LogP contribution >= 0.6 is 0 Å². The number of hydrogen-bond acceptors (Lipinski definition) is 6. The van der Waals surface area contributed by atoms with Crippen LogP contribution in [0.2, 0.25) is 0 Å². The van der Waals surface area contributed by atoms with Gasteiger partial charge in [-0.15, -0.1) is 0 Å². The van der Waals surface area contributed by atoms with E-state index in [1.807, 2.05) is 0 Å². The second kappa shape index (κ2) is 8.43. The highest BCUT2D eigenvalue weighted by Crippen LogP contribution is 2.22. The van der Waals surface area contributed by atoms with Gasteiger partial charge in [0.1, 0.15) is 18.0 Å². The Morgan fingerprint density at radius 1 is 1.18 bits per heavy atom. The number of nitrogens with one attached hydrogen (secondary N) is 1. The number of piperidine rings is 1. The molecule has 1 aromatic carbocycles. The maximum atomic E-state index is 13.6. The molecule has 1 unspecified atom stereocenters. The van der Waals surface area contributed by atoms with Crippen molar-refractivity contribution in [2.24, 2.45) is 0 Å².